The van der Waals surface area contributed by atoms with Gasteiger partial charge < -0.3 is 4.74 Å². The molecular formula is C10H7ClF5NO2. The van der Waals surface area contributed by atoms with Gasteiger partial charge in [-0.3, -0.25) is 4.79 Å². The molecule has 0 aliphatic carbocycles. The third-order valence-corrected chi connectivity index (χ3v) is 2.41. The van der Waals surface area contributed by atoms with Crippen LogP contribution in [-0.2, 0) is 22.1 Å². The zero-order chi connectivity index (χ0) is 14.8. The van der Waals surface area contributed by atoms with E-state index >= 15 is 0 Å². The lowest BCUT2D eigenvalue weighted by atomic mass is 10.1. The summed E-state index contributed by atoms with van der Waals surface area (Å²) in [5.74, 6) is -0.889. The van der Waals surface area contributed by atoms with Crippen LogP contribution < -0.4 is 0 Å². The number of carbonyl (C=O) groups is 1. The minimum Gasteiger partial charge on any atom is -0.469 e. The number of hydrogen-bond acceptors (Lipinski definition) is 3. The highest BCUT2D eigenvalue weighted by molar-refractivity contribution is 6.31. The van der Waals surface area contributed by atoms with E-state index in [1.165, 1.54) is 0 Å². The van der Waals surface area contributed by atoms with Crippen molar-refractivity contribution in [1.29, 1.82) is 0 Å². The minimum absolute atomic E-state index is 0.403. The topological polar surface area (TPSA) is 39.2 Å². The largest absolute Gasteiger partial charge is 0.469 e. The van der Waals surface area contributed by atoms with Crippen LogP contribution in [0, 0.1) is 0 Å². The van der Waals surface area contributed by atoms with E-state index in [1.807, 2.05) is 0 Å². The highest BCUT2D eigenvalue weighted by Gasteiger charge is 2.37. The molecule has 0 bridgehead atoms. The first kappa shape index (κ1) is 15.6. The van der Waals surface area contributed by atoms with Crippen LogP contribution in [0.25, 0.3) is 0 Å². The molecule has 0 saturated heterocycles. The van der Waals surface area contributed by atoms with Crippen molar-refractivity contribution in [1.82, 2.24) is 4.98 Å². The number of alkyl halides is 5. The smallest absolute Gasteiger partial charge is 0.434 e. The number of carbonyl (C=O) groups excluding carboxylic acids is 1. The standard InChI is InChI=1S/C10H7ClF5NO2/c1-19-6(18)3-4-2-5(11)8(10(14,15)16)17-7(4)9(12)13/h2,9H,3H2,1H3. The zero-order valence-corrected chi connectivity index (χ0v) is 10.1. The van der Waals surface area contributed by atoms with Gasteiger partial charge in [-0.1, -0.05) is 11.6 Å². The van der Waals surface area contributed by atoms with Gasteiger partial charge in [0, 0.05) is 0 Å². The van der Waals surface area contributed by atoms with Gasteiger partial charge in [-0.15, -0.1) is 0 Å². The molecule has 0 atom stereocenters. The second kappa shape index (κ2) is 5.68. The molecule has 0 aromatic carbocycles. The summed E-state index contributed by atoms with van der Waals surface area (Å²) in [5, 5.41) is -0.851. The summed E-state index contributed by atoms with van der Waals surface area (Å²) in [6, 6.07) is 0.649. The Morgan fingerprint density at radius 3 is 2.47 bits per heavy atom. The second-order valence-corrected chi connectivity index (χ2v) is 3.82. The highest BCUT2D eigenvalue weighted by Crippen LogP contribution is 2.36. The van der Waals surface area contributed by atoms with E-state index in [4.69, 9.17) is 11.6 Å². The normalized spacial score (nSPS) is 11.8. The summed E-state index contributed by atoms with van der Waals surface area (Å²) in [7, 11) is 1.02. The second-order valence-electron chi connectivity index (χ2n) is 3.41. The highest BCUT2D eigenvalue weighted by atomic mass is 35.5. The maximum atomic E-state index is 12.7. The Morgan fingerprint density at radius 2 is 2.05 bits per heavy atom. The van der Waals surface area contributed by atoms with Gasteiger partial charge in [0.25, 0.3) is 6.43 Å². The van der Waals surface area contributed by atoms with Crippen LogP contribution in [0.15, 0.2) is 6.07 Å². The molecule has 1 heterocycles. The van der Waals surface area contributed by atoms with E-state index in [0.29, 0.717) is 6.07 Å². The molecule has 19 heavy (non-hydrogen) atoms. The molecule has 0 unspecified atom stereocenters. The van der Waals surface area contributed by atoms with Crippen LogP contribution in [0.5, 0.6) is 0 Å². The first-order valence-electron chi connectivity index (χ1n) is 4.78. The molecule has 106 valence electrons. The van der Waals surface area contributed by atoms with Gasteiger partial charge in [0.1, 0.15) is 5.69 Å². The molecule has 1 rings (SSSR count). The van der Waals surface area contributed by atoms with Crippen LogP contribution >= 0.6 is 11.6 Å². The Hall–Kier alpha value is -1.44. The molecule has 0 saturated carbocycles. The Bertz CT molecular complexity index is 490. The number of esters is 1. The maximum absolute atomic E-state index is 12.7. The van der Waals surface area contributed by atoms with Gasteiger partial charge in [0.15, 0.2) is 5.69 Å². The molecule has 9 heteroatoms. The number of pyridine rings is 1. The van der Waals surface area contributed by atoms with Gasteiger partial charge >= 0.3 is 12.1 Å². The molecular weight excluding hydrogens is 297 g/mol. The summed E-state index contributed by atoms with van der Waals surface area (Å²) in [6.45, 7) is 0. The molecule has 0 amide bonds. The average molecular weight is 304 g/mol. The van der Waals surface area contributed by atoms with Gasteiger partial charge in [-0.05, 0) is 11.6 Å². The molecule has 0 N–H and O–H groups in total. The Balaban J connectivity index is 3.33. The summed E-state index contributed by atoms with van der Waals surface area (Å²) in [6.07, 6.45) is -8.86. The van der Waals surface area contributed by atoms with Crippen molar-refractivity contribution in [2.45, 2.75) is 19.0 Å². The van der Waals surface area contributed by atoms with E-state index in [9.17, 15) is 26.7 Å². The summed E-state index contributed by atoms with van der Waals surface area (Å²) in [4.78, 5) is 13.8. The fourth-order valence-electron chi connectivity index (χ4n) is 1.30. The van der Waals surface area contributed by atoms with Crippen LogP contribution in [0.3, 0.4) is 0 Å². The number of hydrogen-bond donors (Lipinski definition) is 0. The van der Waals surface area contributed by atoms with Gasteiger partial charge in [-0.2, -0.15) is 13.2 Å². The molecule has 0 fully saturated rings. The zero-order valence-electron chi connectivity index (χ0n) is 9.39. The molecule has 3 nitrogen and oxygen atoms in total. The summed E-state index contributed by atoms with van der Waals surface area (Å²) in [5.41, 5.74) is -3.15. The van der Waals surface area contributed by atoms with Crippen molar-refractivity contribution in [3.63, 3.8) is 0 Å². The maximum Gasteiger partial charge on any atom is 0.434 e. The van der Waals surface area contributed by atoms with Crippen LogP contribution in [0.2, 0.25) is 5.02 Å². The first-order valence-corrected chi connectivity index (χ1v) is 5.16. The van der Waals surface area contributed by atoms with E-state index in [-0.39, 0.29) is 0 Å². The monoisotopic (exact) mass is 303 g/mol. The van der Waals surface area contributed by atoms with Gasteiger partial charge in [0.2, 0.25) is 0 Å². The molecule has 1 aromatic heterocycles. The molecule has 0 aliphatic rings. The van der Waals surface area contributed by atoms with E-state index in [0.717, 1.165) is 7.11 Å². The van der Waals surface area contributed by atoms with Crippen molar-refractivity contribution in [3.8, 4) is 0 Å². The number of halogens is 6. The van der Waals surface area contributed by atoms with Crippen molar-refractivity contribution in [3.05, 3.63) is 28.0 Å². The Kier molecular flexibility index (Phi) is 4.67. The molecule has 1 aromatic rings. The van der Waals surface area contributed by atoms with Crippen molar-refractivity contribution in [2.75, 3.05) is 7.11 Å². The van der Waals surface area contributed by atoms with Crippen LogP contribution in [-0.4, -0.2) is 18.1 Å². The fourth-order valence-corrected chi connectivity index (χ4v) is 1.58. The van der Waals surface area contributed by atoms with Crippen molar-refractivity contribution < 1.29 is 31.5 Å². The molecule has 0 spiro atoms. The van der Waals surface area contributed by atoms with E-state index in [1.54, 1.807) is 0 Å². The Morgan fingerprint density at radius 1 is 1.47 bits per heavy atom. The minimum atomic E-state index is -4.95. The molecule has 0 radical (unpaired) electrons. The van der Waals surface area contributed by atoms with Crippen LogP contribution in [0.4, 0.5) is 22.0 Å². The lowest BCUT2D eigenvalue weighted by Crippen LogP contribution is -2.15. The van der Waals surface area contributed by atoms with Gasteiger partial charge in [-0.25, -0.2) is 13.8 Å². The lowest BCUT2D eigenvalue weighted by Gasteiger charge is -2.13. The third kappa shape index (κ3) is 3.76. The average Bonchev–Trinajstić information content (AvgIpc) is 2.26. The summed E-state index contributed by atoms with van der Waals surface area (Å²) >= 11 is 5.34. The van der Waals surface area contributed by atoms with Crippen molar-refractivity contribution >= 4 is 17.6 Å². The fraction of sp³-hybridized carbons (Fsp3) is 0.400. The predicted molar refractivity (Wildman–Crippen MR) is 54.9 cm³/mol. The Labute approximate surface area is 109 Å². The number of rotatable bonds is 3. The number of methoxy groups -OCH3 is 1. The predicted octanol–water partition coefficient (Wildman–Crippen LogP) is 3.41. The quantitative estimate of drug-likeness (QED) is 0.634. The third-order valence-electron chi connectivity index (χ3n) is 2.13. The van der Waals surface area contributed by atoms with E-state index in [2.05, 4.69) is 9.72 Å². The van der Waals surface area contributed by atoms with Crippen LogP contribution in [0.1, 0.15) is 23.4 Å². The summed E-state index contributed by atoms with van der Waals surface area (Å²) < 4.78 is 67.0. The number of aromatic nitrogens is 1. The first-order chi connectivity index (χ1) is 8.66. The molecule has 0 aliphatic heterocycles. The lowest BCUT2D eigenvalue weighted by molar-refractivity contribution is -0.141. The SMILES string of the molecule is COC(=O)Cc1cc(Cl)c(C(F)(F)F)nc1C(F)F. The number of ether oxygens (including phenoxy) is 1. The van der Waals surface area contributed by atoms with E-state index < -0.39 is 47.0 Å². The van der Waals surface area contributed by atoms with Crippen molar-refractivity contribution in [2.24, 2.45) is 0 Å². The van der Waals surface area contributed by atoms with Gasteiger partial charge in [0.05, 0.1) is 18.6 Å². The number of nitrogens with zero attached hydrogens (tertiary/aromatic N) is 1.